The third kappa shape index (κ3) is 3.40. The summed E-state index contributed by atoms with van der Waals surface area (Å²) in [5.41, 5.74) is 1.46. The highest BCUT2D eigenvalue weighted by Crippen LogP contribution is 2.38. The highest BCUT2D eigenvalue weighted by atomic mass is 32.1. The fourth-order valence-corrected chi connectivity index (χ4v) is 3.90. The Morgan fingerprint density at radius 3 is 2.60 bits per heavy atom. The van der Waals surface area contributed by atoms with Gasteiger partial charge in [0.2, 0.25) is 0 Å². The molecule has 0 aliphatic heterocycles. The van der Waals surface area contributed by atoms with Crippen LogP contribution in [-0.4, -0.2) is 24.4 Å². The maximum atomic E-state index is 11.2. The Bertz CT molecular complexity index is 457. The summed E-state index contributed by atoms with van der Waals surface area (Å²) in [6.07, 6.45) is 7.89. The summed E-state index contributed by atoms with van der Waals surface area (Å²) >= 11 is 1.55. The molecule has 1 fully saturated rings. The molecule has 2 rings (SSSR count). The molecule has 1 heterocycles. The second kappa shape index (κ2) is 6.25. The molecule has 0 unspecified atom stereocenters. The fourth-order valence-electron chi connectivity index (χ4n) is 2.94. The zero-order valence-corrected chi connectivity index (χ0v) is 13.9. The Balaban J connectivity index is 2.09. The smallest absolute Gasteiger partial charge is 0.186 e. The molecule has 0 atom stereocenters. The lowest BCUT2D eigenvalue weighted by Gasteiger charge is -2.38. The van der Waals surface area contributed by atoms with E-state index in [0.29, 0.717) is 11.5 Å². The van der Waals surface area contributed by atoms with E-state index in [2.05, 4.69) is 32.7 Å². The topological polar surface area (TPSA) is 33.2 Å². The van der Waals surface area contributed by atoms with Crippen molar-refractivity contribution in [3.8, 4) is 0 Å². The lowest BCUT2D eigenvalue weighted by molar-refractivity contribution is 0.112. The van der Waals surface area contributed by atoms with Crippen LogP contribution in [0.5, 0.6) is 0 Å². The molecule has 0 amide bonds. The molecule has 1 aliphatic rings. The molecular weight excluding hydrogens is 268 g/mol. The third-order valence-electron chi connectivity index (χ3n) is 4.47. The maximum absolute atomic E-state index is 11.2. The molecule has 0 spiro atoms. The zero-order valence-electron chi connectivity index (χ0n) is 13.1. The predicted molar refractivity (Wildman–Crippen MR) is 85.9 cm³/mol. The molecule has 1 aromatic heterocycles. The predicted octanol–water partition coefficient (Wildman–Crippen LogP) is 4.31. The molecular formula is C16H26N2OS. The van der Waals surface area contributed by atoms with Crippen LogP contribution in [0.2, 0.25) is 0 Å². The van der Waals surface area contributed by atoms with Crippen LogP contribution in [-0.2, 0) is 6.42 Å². The second-order valence-electron chi connectivity index (χ2n) is 6.68. The minimum absolute atomic E-state index is 0.488. The first-order chi connectivity index (χ1) is 9.46. The van der Waals surface area contributed by atoms with Crippen molar-refractivity contribution in [2.24, 2.45) is 5.41 Å². The average molecular weight is 294 g/mol. The van der Waals surface area contributed by atoms with Gasteiger partial charge >= 0.3 is 0 Å². The number of nitrogens with zero attached hydrogens (tertiary/aromatic N) is 2. The van der Waals surface area contributed by atoms with Gasteiger partial charge in [-0.3, -0.25) is 4.79 Å². The van der Waals surface area contributed by atoms with Crippen LogP contribution in [0.15, 0.2) is 0 Å². The number of carbonyl (C=O) groups is 1. The van der Waals surface area contributed by atoms with Gasteiger partial charge < -0.3 is 4.90 Å². The monoisotopic (exact) mass is 294 g/mol. The van der Waals surface area contributed by atoms with Crippen LogP contribution in [0.4, 0.5) is 5.13 Å². The van der Waals surface area contributed by atoms with Crippen molar-refractivity contribution >= 4 is 22.8 Å². The van der Waals surface area contributed by atoms with Crippen LogP contribution < -0.4 is 4.90 Å². The van der Waals surface area contributed by atoms with E-state index in [1.165, 1.54) is 25.7 Å². The standard InChI is InChI=1S/C16H26N2OS/c1-5-6-13-14(11-19)20-15(17-13)18(4)12-7-9-16(2,3)10-8-12/h11-12H,5-10H2,1-4H3. The van der Waals surface area contributed by atoms with E-state index in [0.717, 1.165) is 34.8 Å². The number of hydrogen-bond donors (Lipinski definition) is 0. The maximum Gasteiger partial charge on any atom is 0.186 e. The quantitative estimate of drug-likeness (QED) is 0.759. The summed E-state index contributed by atoms with van der Waals surface area (Å²) in [7, 11) is 2.13. The van der Waals surface area contributed by atoms with E-state index < -0.39 is 0 Å². The van der Waals surface area contributed by atoms with Crippen LogP contribution >= 0.6 is 11.3 Å². The fraction of sp³-hybridized carbons (Fsp3) is 0.750. The number of anilines is 1. The minimum Gasteiger partial charge on any atom is -0.348 e. The highest BCUT2D eigenvalue weighted by molar-refractivity contribution is 7.17. The largest absolute Gasteiger partial charge is 0.348 e. The Labute approximate surface area is 126 Å². The van der Waals surface area contributed by atoms with E-state index in [-0.39, 0.29) is 0 Å². The molecule has 112 valence electrons. The molecule has 0 bridgehead atoms. The second-order valence-corrected chi connectivity index (χ2v) is 7.69. The summed E-state index contributed by atoms with van der Waals surface area (Å²) in [4.78, 5) is 19.0. The van der Waals surface area contributed by atoms with Crippen molar-refractivity contribution < 1.29 is 4.79 Å². The van der Waals surface area contributed by atoms with Gasteiger partial charge in [-0.1, -0.05) is 38.5 Å². The van der Waals surface area contributed by atoms with Crippen molar-refractivity contribution in [1.29, 1.82) is 0 Å². The van der Waals surface area contributed by atoms with Crippen LogP contribution in [0.25, 0.3) is 0 Å². The zero-order chi connectivity index (χ0) is 14.8. The third-order valence-corrected chi connectivity index (χ3v) is 5.58. The van der Waals surface area contributed by atoms with Gasteiger partial charge in [-0.05, 0) is 37.5 Å². The van der Waals surface area contributed by atoms with Gasteiger partial charge in [-0.15, -0.1) is 0 Å². The molecule has 1 saturated carbocycles. The number of aromatic nitrogens is 1. The van der Waals surface area contributed by atoms with E-state index in [1.807, 2.05) is 0 Å². The Morgan fingerprint density at radius 2 is 2.05 bits per heavy atom. The molecule has 1 aliphatic carbocycles. The van der Waals surface area contributed by atoms with Gasteiger partial charge in [0.05, 0.1) is 10.6 Å². The highest BCUT2D eigenvalue weighted by Gasteiger charge is 2.30. The van der Waals surface area contributed by atoms with Crippen molar-refractivity contribution in [2.75, 3.05) is 11.9 Å². The van der Waals surface area contributed by atoms with Gasteiger partial charge in [-0.25, -0.2) is 4.98 Å². The van der Waals surface area contributed by atoms with Gasteiger partial charge in [0.15, 0.2) is 11.4 Å². The number of carbonyl (C=O) groups excluding carboxylic acids is 1. The Hall–Kier alpha value is -0.900. The Morgan fingerprint density at radius 1 is 1.40 bits per heavy atom. The first kappa shape index (κ1) is 15.5. The molecule has 0 saturated heterocycles. The summed E-state index contributed by atoms with van der Waals surface area (Å²) in [5, 5.41) is 1.01. The first-order valence-electron chi connectivity index (χ1n) is 7.64. The van der Waals surface area contributed by atoms with Gasteiger partial charge in [0.25, 0.3) is 0 Å². The van der Waals surface area contributed by atoms with Gasteiger partial charge in [0.1, 0.15) is 0 Å². The van der Waals surface area contributed by atoms with Crippen molar-refractivity contribution in [2.45, 2.75) is 65.3 Å². The number of rotatable bonds is 5. The van der Waals surface area contributed by atoms with Crippen LogP contribution in [0.3, 0.4) is 0 Å². The molecule has 1 aromatic rings. The average Bonchev–Trinajstić information content (AvgIpc) is 2.81. The van der Waals surface area contributed by atoms with Crippen LogP contribution in [0.1, 0.15) is 68.2 Å². The summed E-state index contributed by atoms with van der Waals surface area (Å²) in [5.74, 6) is 0. The van der Waals surface area contributed by atoms with E-state index in [9.17, 15) is 4.79 Å². The molecule has 0 aromatic carbocycles. The van der Waals surface area contributed by atoms with Gasteiger partial charge in [-0.2, -0.15) is 0 Å². The number of hydrogen-bond acceptors (Lipinski definition) is 4. The summed E-state index contributed by atoms with van der Waals surface area (Å²) in [6, 6.07) is 0.572. The number of aldehydes is 1. The lowest BCUT2D eigenvalue weighted by Crippen LogP contribution is -2.37. The molecule has 3 nitrogen and oxygen atoms in total. The SMILES string of the molecule is CCCc1nc(N(C)C2CCC(C)(C)CC2)sc1C=O. The lowest BCUT2D eigenvalue weighted by atomic mass is 9.75. The normalized spacial score (nSPS) is 19.0. The minimum atomic E-state index is 0.488. The molecule has 20 heavy (non-hydrogen) atoms. The van der Waals surface area contributed by atoms with Crippen molar-refractivity contribution in [1.82, 2.24) is 4.98 Å². The van der Waals surface area contributed by atoms with E-state index in [4.69, 9.17) is 4.98 Å². The molecule has 4 heteroatoms. The Kier molecular flexibility index (Phi) is 4.84. The summed E-state index contributed by atoms with van der Waals surface area (Å²) in [6.45, 7) is 6.84. The number of thiazole rings is 1. The summed E-state index contributed by atoms with van der Waals surface area (Å²) < 4.78 is 0. The van der Waals surface area contributed by atoms with Crippen molar-refractivity contribution in [3.63, 3.8) is 0 Å². The first-order valence-corrected chi connectivity index (χ1v) is 8.46. The van der Waals surface area contributed by atoms with E-state index >= 15 is 0 Å². The van der Waals surface area contributed by atoms with Crippen LogP contribution in [0, 0.1) is 5.41 Å². The molecule has 0 radical (unpaired) electrons. The van der Waals surface area contributed by atoms with E-state index in [1.54, 1.807) is 11.3 Å². The number of aryl methyl sites for hydroxylation is 1. The molecule has 0 N–H and O–H groups in total. The van der Waals surface area contributed by atoms with Crippen molar-refractivity contribution in [3.05, 3.63) is 10.6 Å². The van der Waals surface area contributed by atoms with Gasteiger partial charge in [0, 0.05) is 13.1 Å².